The largest absolute Gasteiger partial charge is 0.462 e. The van der Waals surface area contributed by atoms with Crippen molar-refractivity contribution < 1.29 is 23.8 Å². The monoisotopic (exact) mass is 605 g/mol. The molecule has 2 fully saturated rings. The second kappa shape index (κ2) is 13.7. The third-order valence-corrected chi connectivity index (χ3v) is 8.27. The lowest BCUT2D eigenvalue weighted by atomic mass is 10.0. The van der Waals surface area contributed by atoms with Gasteiger partial charge in [0.2, 0.25) is 6.54 Å². The maximum absolute atomic E-state index is 13.1. The summed E-state index contributed by atoms with van der Waals surface area (Å²) in [4.78, 5) is 47.1. The molecule has 1 aromatic carbocycles. The van der Waals surface area contributed by atoms with Gasteiger partial charge in [0, 0.05) is 37.8 Å². The summed E-state index contributed by atoms with van der Waals surface area (Å²) in [6, 6.07) is 9.75. The fourth-order valence-electron chi connectivity index (χ4n) is 5.91. The number of ether oxygens (including phenoxy) is 3. The second-order valence-electron chi connectivity index (χ2n) is 12.7. The van der Waals surface area contributed by atoms with Crippen LogP contribution in [0.25, 0.3) is 4.85 Å². The van der Waals surface area contributed by atoms with Gasteiger partial charge in [-0.1, -0.05) is 30.3 Å². The van der Waals surface area contributed by atoms with Crippen molar-refractivity contribution in [1.82, 2.24) is 24.7 Å². The molecule has 0 aliphatic carbocycles. The molecule has 0 saturated carbocycles. The van der Waals surface area contributed by atoms with Gasteiger partial charge in [-0.15, -0.1) is 0 Å². The summed E-state index contributed by atoms with van der Waals surface area (Å²) >= 11 is 0. The number of carbonyl (C=O) groups is 2. The number of likely N-dealkylation sites (N-methyl/N-ethyl adjacent to an activating group) is 1. The van der Waals surface area contributed by atoms with Gasteiger partial charge in [0.15, 0.2) is 0 Å². The minimum atomic E-state index is -0.602. The molecule has 12 heteroatoms. The molecule has 0 unspecified atom stereocenters. The topological polar surface area (TPSA) is 105 Å². The third kappa shape index (κ3) is 7.69. The van der Waals surface area contributed by atoms with Gasteiger partial charge in [0.25, 0.3) is 0 Å². The van der Waals surface area contributed by atoms with Crippen LogP contribution in [0.5, 0.6) is 6.01 Å². The van der Waals surface area contributed by atoms with Crippen molar-refractivity contribution in [1.29, 1.82) is 0 Å². The van der Waals surface area contributed by atoms with Gasteiger partial charge in [-0.2, -0.15) is 9.97 Å². The molecular formula is C32H43N7O5. The predicted molar refractivity (Wildman–Crippen MR) is 164 cm³/mol. The molecule has 2 amide bonds. The van der Waals surface area contributed by atoms with Crippen molar-refractivity contribution >= 4 is 18.0 Å². The van der Waals surface area contributed by atoms with E-state index >= 15 is 0 Å². The SMILES string of the molecule is [C-]#[N+]C[C@H]1CN(c2nc(OC[C@H]3CCCN3C)nc3c2CCN(C(=O)OC(C)(C)C)C3)CCN1C(=O)OCc1ccccc1. The fourth-order valence-corrected chi connectivity index (χ4v) is 5.91. The molecule has 0 radical (unpaired) electrons. The molecule has 3 aliphatic heterocycles. The van der Waals surface area contributed by atoms with Gasteiger partial charge in [0.05, 0.1) is 12.2 Å². The van der Waals surface area contributed by atoms with Crippen molar-refractivity contribution in [3.8, 4) is 6.01 Å². The Morgan fingerprint density at radius 3 is 2.55 bits per heavy atom. The lowest BCUT2D eigenvalue weighted by Gasteiger charge is -2.40. The number of anilines is 1. The van der Waals surface area contributed by atoms with Crippen LogP contribution in [-0.4, -0.2) is 107 Å². The smallest absolute Gasteiger partial charge is 0.410 e. The first kappa shape index (κ1) is 31.3. The van der Waals surface area contributed by atoms with Crippen LogP contribution in [-0.2, 0) is 29.0 Å². The van der Waals surface area contributed by atoms with Crippen LogP contribution in [0, 0.1) is 6.57 Å². The predicted octanol–water partition coefficient (Wildman–Crippen LogP) is 3.99. The van der Waals surface area contributed by atoms with Crippen molar-refractivity contribution in [3.63, 3.8) is 0 Å². The normalized spacial score (nSPS) is 20.6. The van der Waals surface area contributed by atoms with E-state index in [2.05, 4.69) is 21.7 Å². The number of hydrogen-bond acceptors (Lipinski definition) is 9. The summed E-state index contributed by atoms with van der Waals surface area (Å²) in [5, 5.41) is 0. The van der Waals surface area contributed by atoms with E-state index in [1.165, 1.54) is 0 Å². The molecule has 0 bridgehead atoms. The Morgan fingerprint density at radius 1 is 1.05 bits per heavy atom. The Bertz CT molecular complexity index is 1360. The van der Waals surface area contributed by atoms with Crippen LogP contribution in [0.3, 0.4) is 0 Å². The summed E-state index contributed by atoms with van der Waals surface area (Å²) in [5.74, 6) is 0.737. The highest BCUT2D eigenvalue weighted by Gasteiger charge is 2.37. The Morgan fingerprint density at radius 2 is 1.84 bits per heavy atom. The van der Waals surface area contributed by atoms with Crippen molar-refractivity contribution in [2.45, 2.75) is 70.9 Å². The lowest BCUT2D eigenvalue weighted by molar-refractivity contribution is 0.0220. The van der Waals surface area contributed by atoms with Crippen molar-refractivity contribution in [3.05, 3.63) is 58.6 Å². The summed E-state index contributed by atoms with van der Waals surface area (Å²) in [6.45, 7) is 17.1. The molecule has 0 N–H and O–H groups in total. The molecule has 0 spiro atoms. The zero-order valence-electron chi connectivity index (χ0n) is 26.2. The van der Waals surface area contributed by atoms with Gasteiger partial charge in [-0.05, 0) is 59.2 Å². The number of nitrogens with zero attached hydrogens (tertiary/aromatic N) is 7. The van der Waals surface area contributed by atoms with E-state index < -0.39 is 11.7 Å². The highest BCUT2D eigenvalue weighted by Crippen LogP contribution is 2.31. The van der Waals surface area contributed by atoms with Gasteiger partial charge < -0.3 is 33.8 Å². The lowest BCUT2D eigenvalue weighted by Crippen LogP contribution is -2.57. The number of carbonyl (C=O) groups excluding carboxylic acids is 2. The average Bonchev–Trinajstić information content (AvgIpc) is 3.42. The Labute approximate surface area is 259 Å². The molecule has 4 heterocycles. The molecule has 3 aliphatic rings. The molecule has 44 heavy (non-hydrogen) atoms. The highest BCUT2D eigenvalue weighted by molar-refractivity contribution is 5.70. The number of aromatic nitrogens is 2. The highest BCUT2D eigenvalue weighted by atomic mass is 16.6. The second-order valence-corrected chi connectivity index (χ2v) is 12.7. The third-order valence-electron chi connectivity index (χ3n) is 8.27. The van der Waals surface area contributed by atoms with E-state index in [4.69, 9.17) is 30.8 Å². The average molecular weight is 606 g/mol. The molecule has 1 aromatic heterocycles. The summed E-state index contributed by atoms with van der Waals surface area (Å²) in [5.41, 5.74) is 1.99. The van der Waals surface area contributed by atoms with Crippen LogP contribution in [0.1, 0.15) is 50.4 Å². The number of benzene rings is 1. The number of rotatable bonds is 7. The van der Waals surface area contributed by atoms with Gasteiger partial charge in [-0.3, -0.25) is 4.90 Å². The summed E-state index contributed by atoms with van der Waals surface area (Å²) in [7, 11) is 2.10. The van der Waals surface area contributed by atoms with E-state index in [1.54, 1.807) is 9.80 Å². The van der Waals surface area contributed by atoms with Crippen LogP contribution < -0.4 is 9.64 Å². The molecular weight excluding hydrogens is 562 g/mol. The molecule has 2 aromatic rings. The number of piperazine rings is 1. The van der Waals surface area contributed by atoms with Gasteiger partial charge in [0.1, 0.15) is 30.7 Å². The van der Waals surface area contributed by atoms with Crippen LogP contribution in [0.15, 0.2) is 30.3 Å². The van der Waals surface area contributed by atoms with Crippen molar-refractivity contribution in [2.24, 2.45) is 0 Å². The standard InChI is InChI=1S/C32H43N7O5/c1-32(2,3)44-30(40)38-15-13-26-27(20-38)34-29(42-22-24-12-9-14-36(24)5)35-28(26)37-16-17-39(25(19-37)18-33-4)31(41)43-21-23-10-7-6-8-11-23/h6-8,10-11,24-25H,9,12-22H2,1-3,5H3/t24-,25+/m1/s1. The van der Waals surface area contributed by atoms with E-state index in [-0.39, 0.29) is 37.8 Å². The molecule has 2 atom stereocenters. The molecule has 12 nitrogen and oxygen atoms in total. The maximum Gasteiger partial charge on any atom is 0.410 e. The van der Waals surface area contributed by atoms with Gasteiger partial charge in [-0.25, -0.2) is 16.2 Å². The first-order valence-corrected chi connectivity index (χ1v) is 15.4. The van der Waals surface area contributed by atoms with E-state index in [1.807, 2.05) is 51.1 Å². The maximum atomic E-state index is 13.1. The zero-order valence-corrected chi connectivity index (χ0v) is 26.2. The van der Waals surface area contributed by atoms with Gasteiger partial charge >= 0.3 is 18.2 Å². The molecule has 5 rings (SSSR count). The summed E-state index contributed by atoms with van der Waals surface area (Å²) in [6.07, 6.45) is 1.94. The Hall–Kier alpha value is -4.11. The summed E-state index contributed by atoms with van der Waals surface area (Å²) < 4.78 is 17.4. The number of fused-ring (bicyclic) bond motifs is 1. The minimum absolute atomic E-state index is 0.147. The first-order chi connectivity index (χ1) is 21.1. The number of likely N-dealkylation sites (tertiary alicyclic amines) is 1. The van der Waals surface area contributed by atoms with Crippen LogP contribution >= 0.6 is 0 Å². The minimum Gasteiger partial charge on any atom is -0.462 e. The van der Waals surface area contributed by atoms with E-state index in [0.717, 1.165) is 42.0 Å². The Balaban J connectivity index is 1.35. The fraction of sp³-hybridized carbons (Fsp3) is 0.594. The molecule has 2 saturated heterocycles. The number of hydrogen-bond donors (Lipinski definition) is 0. The quantitative estimate of drug-likeness (QED) is 0.434. The first-order valence-electron chi connectivity index (χ1n) is 15.4. The van der Waals surface area contributed by atoms with Crippen LogP contribution in [0.4, 0.5) is 15.4 Å². The Kier molecular flexibility index (Phi) is 9.74. The van der Waals surface area contributed by atoms with Crippen LogP contribution in [0.2, 0.25) is 0 Å². The van der Waals surface area contributed by atoms with E-state index in [9.17, 15) is 9.59 Å². The van der Waals surface area contributed by atoms with Crippen molar-refractivity contribution in [2.75, 3.05) is 57.8 Å². The number of amides is 2. The zero-order chi connectivity index (χ0) is 31.3. The molecule has 236 valence electrons. The van der Waals surface area contributed by atoms with E-state index in [0.29, 0.717) is 45.2 Å².